The molecule has 1 unspecified atom stereocenters. The average Bonchev–Trinajstić information content (AvgIpc) is 2.99. The van der Waals surface area contributed by atoms with Crippen molar-refractivity contribution in [2.24, 2.45) is 0 Å². The number of anilines is 1. The van der Waals surface area contributed by atoms with E-state index in [1.54, 1.807) is 30.3 Å². The summed E-state index contributed by atoms with van der Waals surface area (Å²) in [6, 6.07) is 10.8. The molecule has 2 rings (SSSR count). The van der Waals surface area contributed by atoms with Crippen LogP contribution in [0.25, 0.3) is 6.08 Å². The number of amides is 2. The van der Waals surface area contributed by atoms with E-state index in [-0.39, 0.29) is 17.5 Å². The Morgan fingerprint density at radius 1 is 1.23 bits per heavy atom. The van der Waals surface area contributed by atoms with Crippen LogP contribution in [-0.2, 0) is 11.3 Å². The molecule has 6 nitrogen and oxygen atoms in total. The Labute approximate surface area is 178 Å². The minimum Gasteiger partial charge on any atom is -0.350 e. The molecule has 0 aliphatic carbocycles. The van der Waals surface area contributed by atoms with Gasteiger partial charge in [0.05, 0.1) is 11.3 Å². The molecule has 0 bridgehead atoms. The fraction of sp³-hybridized carbons (Fsp3) is 0.375. The number of para-hydroxylation sites is 1. The number of carbonyl (C=O) groups is 2. The van der Waals surface area contributed by atoms with E-state index in [2.05, 4.69) is 22.1 Å². The van der Waals surface area contributed by atoms with Crippen molar-refractivity contribution in [1.29, 1.82) is 5.26 Å². The van der Waals surface area contributed by atoms with E-state index < -0.39 is 5.91 Å². The number of nitrogens with one attached hydrogen (secondary N) is 2. The van der Waals surface area contributed by atoms with Gasteiger partial charge in [-0.25, -0.2) is 0 Å². The zero-order valence-electron chi connectivity index (χ0n) is 18.4. The summed E-state index contributed by atoms with van der Waals surface area (Å²) in [7, 11) is 0. The molecule has 0 saturated heterocycles. The molecule has 0 aliphatic heterocycles. The molecule has 6 heteroatoms. The Balaban J connectivity index is 2.29. The van der Waals surface area contributed by atoms with Crippen LogP contribution in [0.3, 0.4) is 0 Å². The topological polar surface area (TPSA) is 86.9 Å². The zero-order valence-corrected chi connectivity index (χ0v) is 18.4. The van der Waals surface area contributed by atoms with Crippen LogP contribution in [0.2, 0.25) is 0 Å². The van der Waals surface area contributed by atoms with Gasteiger partial charge >= 0.3 is 0 Å². The number of benzene rings is 1. The Morgan fingerprint density at radius 2 is 1.93 bits per heavy atom. The monoisotopic (exact) mass is 406 g/mol. The lowest BCUT2D eigenvalue weighted by Gasteiger charge is -2.14. The molecule has 0 spiro atoms. The first-order valence-electron chi connectivity index (χ1n) is 10.3. The van der Waals surface area contributed by atoms with Gasteiger partial charge in [0.25, 0.3) is 11.8 Å². The molecule has 2 amide bonds. The van der Waals surface area contributed by atoms with Gasteiger partial charge in [-0.15, -0.1) is 0 Å². The van der Waals surface area contributed by atoms with Crippen molar-refractivity contribution in [2.75, 3.05) is 5.32 Å². The summed E-state index contributed by atoms with van der Waals surface area (Å²) in [6.07, 6.45) is 3.41. The highest BCUT2D eigenvalue weighted by Crippen LogP contribution is 2.20. The smallest absolute Gasteiger partial charge is 0.266 e. The van der Waals surface area contributed by atoms with Crippen molar-refractivity contribution in [3.63, 3.8) is 0 Å². The van der Waals surface area contributed by atoms with Crippen LogP contribution in [-0.4, -0.2) is 22.4 Å². The van der Waals surface area contributed by atoms with Gasteiger partial charge in [0.15, 0.2) is 0 Å². The summed E-state index contributed by atoms with van der Waals surface area (Å²) < 4.78 is 2.17. The summed E-state index contributed by atoms with van der Waals surface area (Å²) >= 11 is 0. The number of hydrogen-bond donors (Lipinski definition) is 2. The number of rotatable bonds is 8. The fourth-order valence-electron chi connectivity index (χ4n) is 3.23. The molecule has 0 saturated carbocycles. The standard InChI is InChI=1S/C24H30N4O2/c1-6-12-28-17(4)13-19(18(28)5)14-20(15-25)23(29)27-22-11-9-8-10-21(22)24(30)26-16(3)7-2/h8-11,13-14,16H,6-7,12H2,1-5H3,(H,26,30)(H,27,29)/b20-14+. The lowest BCUT2D eigenvalue weighted by Crippen LogP contribution is -2.32. The lowest BCUT2D eigenvalue weighted by atomic mass is 10.1. The third-order valence-electron chi connectivity index (χ3n) is 5.13. The number of carbonyl (C=O) groups excluding carboxylic acids is 2. The van der Waals surface area contributed by atoms with E-state index in [1.807, 2.05) is 39.8 Å². The van der Waals surface area contributed by atoms with Crippen LogP contribution in [0.5, 0.6) is 0 Å². The van der Waals surface area contributed by atoms with Gasteiger partial charge in [0.1, 0.15) is 11.6 Å². The molecule has 30 heavy (non-hydrogen) atoms. The van der Waals surface area contributed by atoms with Crippen LogP contribution in [0.15, 0.2) is 35.9 Å². The van der Waals surface area contributed by atoms with Crippen LogP contribution >= 0.6 is 0 Å². The molecule has 0 radical (unpaired) electrons. The number of aromatic nitrogens is 1. The SMILES string of the molecule is CCCn1c(C)cc(/C=C(\C#N)C(=O)Nc2ccccc2C(=O)NC(C)CC)c1C. The highest BCUT2D eigenvalue weighted by molar-refractivity contribution is 6.12. The molecular formula is C24H30N4O2. The predicted octanol–water partition coefficient (Wildman–Crippen LogP) is 4.59. The Bertz CT molecular complexity index is 995. The first-order valence-corrected chi connectivity index (χ1v) is 10.3. The zero-order chi connectivity index (χ0) is 22.3. The number of nitrogens with zero attached hydrogens (tertiary/aromatic N) is 2. The summed E-state index contributed by atoms with van der Waals surface area (Å²) in [6.45, 7) is 10.9. The van der Waals surface area contributed by atoms with E-state index in [1.165, 1.54) is 0 Å². The molecule has 1 heterocycles. The Morgan fingerprint density at radius 3 is 2.57 bits per heavy atom. The van der Waals surface area contributed by atoms with Gasteiger partial charge in [0.2, 0.25) is 0 Å². The molecule has 158 valence electrons. The summed E-state index contributed by atoms with van der Waals surface area (Å²) in [5.41, 5.74) is 3.68. The van der Waals surface area contributed by atoms with E-state index >= 15 is 0 Å². The van der Waals surface area contributed by atoms with Gasteiger partial charge in [-0.1, -0.05) is 26.0 Å². The normalized spacial score (nSPS) is 12.2. The second-order valence-corrected chi connectivity index (χ2v) is 7.43. The van der Waals surface area contributed by atoms with Gasteiger partial charge in [-0.05, 0) is 63.5 Å². The highest BCUT2D eigenvalue weighted by atomic mass is 16.2. The van der Waals surface area contributed by atoms with Crippen molar-refractivity contribution in [1.82, 2.24) is 9.88 Å². The Kier molecular flexibility index (Phi) is 7.99. The maximum absolute atomic E-state index is 12.8. The minimum atomic E-state index is -0.540. The first-order chi connectivity index (χ1) is 14.3. The third-order valence-corrected chi connectivity index (χ3v) is 5.13. The maximum atomic E-state index is 12.8. The van der Waals surface area contributed by atoms with Gasteiger partial charge in [-0.2, -0.15) is 5.26 Å². The second kappa shape index (κ2) is 10.4. The van der Waals surface area contributed by atoms with Crippen molar-refractivity contribution >= 4 is 23.6 Å². The van der Waals surface area contributed by atoms with Crippen LogP contribution in [0.1, 0.15) is 60.9 Å². The summed E-state index contributed by atoms with van der Waals surface area (Å²) in [5, 5.41) is 15.2. The Hall–Kier alpha value is -3.33. The number of hydrogen-bond acceptors (Lipinski definition) is 3. The summed E-state index contributed by atoms with van der Waals surface area (Å²) in [5.74, 6) is -0.799. The van der Waals surface area contributed by atoms with E-state index in [4.69, 9.17) is 0 Å². The average molecular weight is 407 g/mol. The van der Waals surface area contributed by atoms with Crippen LogP contribution in [0, 0.1) is 25.2 Å². The molecular weight excluding hydrogens is 376 g/mol. The lowest BCUT2D eigenvalue weighted by molar-refractivity contribution is -0.112. The largest absolute Gasteiger partial charge is 0.350 e. The third kappa shape index (κ3) is 5.38. The molecule has 1 aromatic heterocycles. The summed E-state index contributed by atoms with van der Waals surface area (Å²) in [4.78, 5) is 25.3. The molecule has 2 aromatic rings. The van der Waals surface area contributed by atoms with Gasteiger partial charge in [0, 0.05) is 24.0 Å². The quantitative estimate of drug-likeness (QED) is 0.496. The van der Waals surface area contributed by atoms with Crippen molar-refractivity contribution in [2.45, 2.75) is 60.0 Å². The predicted molar refractivity (Wildman–Crippen MR) is 120 cm³/mol. The molecule has 1 aromatic carbocycles. The van der Waals surface area contributed by atoms with Crippen LogP contribution < -0.4 is 10.6 Å². The first kappa shape index (κ1) is 23.0. The number of nitriles is 1. The van der Waals surface area contributed by atoms with Crippen LogP contribution in [0.4, 0.5) is 5.69 Å². The fourth-order valence-corrected chi connectivity index (χ4v) is 3.23. The highest BCUT2D eigenvalue weighted by Gasteiger charge is 2.17. The second-order valence-electron chi connectivity index (χ2n) is 7.43. The molecule has 1 atom stereocenters. The van der Waals surface area contributed by atoms with Gasteiger partial charge in [-0.3, -0.25) is 9.59 Å². The molecule has 0 aliphatic rings. The van der Waals surface area contributed by atoms with Gasteiger partial charge < -0.3 is 15.2 Å². The molecule has 2 N–H and O–H groups in total. The molecule has 0 fully saturated rings. The van der Waals surface area contributed by atoms with Crippen molar-refractivity contribution < 1.29 is 9.59 Å². The maximum Gasteiger partial charge on any atom is 0.266 e. The van der Waals surface area contributed by atoms with Crippen molar-refractivity contribution in [3.8, 4) is 6.07 Å². The minimum absolute atomic E-state index is 0.0103. The van der Waals surface area contributed by atoms with E-state index in [9.17, 15) is 14.9 Å². The number of aryl methyl sites for hydroxylation is 1. The van der Waals surface area contributed by atoms with Crippen molar-refractivity contribution in [3.05, 3.63) is 58.4 Å². The van der Waals surface area contributed by atoms with E-state index in [0.717, 1.165) is 36.3 Å². The van der Waals surface area contributed by atoms with E-state index in [0.29, 0.717) is 11.3 Å².